The summed E-state index contributed by atoms with van der Waals surface area (Å²) in [4.78, 5) is 8.70. The molecule has 132 valence electrons. The molecule has 1 aromatic carbocycles. The maximum atomic E-state index is 9.85. The largest absolute Gasteiger partial charge is 0.368 e. The minimum Gasteiger partial charge on any atom is -0.368 e. The van der Waals surface area contributed by atoms with Crippen molar-refractivity contribution >= 4 is 11.5 Å². The van der Waals surface area contributed by atoms with E-state index in [-0.39, 0.29) is 0 Å². The van der Waals surface area contributed by atoms with Crippen molar-refractivity contribution in [1.29, 1.82) is 5.26 Å². The molecule has 0 atom stereocenters. The third-order valence-electron chi connectivity index (χ3n) is 4.43. The number of fused-ring (bicyclic) bond motifs is 1. The summed E-state index contributed by atoms with van der Waals surface area (Å²) < 4.78 is 1.68. The van der Waals surface area contributed by atoms with Crippen LogP contribution in [0.2, 0.25) is 0 Å². The molecule has 0 amide bonds. The Morgan fingerprint density at radius 3 is 2.56 bits per heavy atom. The van der Waals surface area contributed by atoms with E-state index < -0.39 is 0 Å². The number of nitrogens with one attached hydrogen (secondary N) is 1. The van der Waals surface area contributed by atoms with Gasteiger partial charge >= 0.3 is 0 Å². The van der Waals surface area contributed by atoms with E-state index in [1.54, 1.807) is 23.1 Å². The van der Waals surface area contributed by atoms with Crippen molar-refractivity contribution in [2.24, 2.45) is 0 Å². The van der Waals surface area contributed by atoms with Gasteiger partial charge < -0.3 is 5.32 Å². The number of anilines is 1. The van der Waals surface area contributed by atoms with Crippen LogP contribution in [-0.4, -0.2) is 26.1 Å². The number of hydrogen-bond acceptors (Lipinski definition) is 5. The normalized spacial score (nSPS) is 10.7. The molecule has 0 aliphatic carbocycles. The van der Waals surface area contributed by atoms with Gasteiger partial charge in [0.05, 0.1) is 11.9 Å². The summed E-state index contributed by atoms with van der Waals surface area (Å²) in [5, 5.41) is 17.6. The van der Waals surface area contributed by atoms with E-state index in [2.05, 4.69) is 26.5 Å². The van der Waals surface area contributed by atoms with Gasteiger partial charge in [-0.3, -0.25) is 4.98 Å². The summed E-state index contributed by atoms with van der Waals surface area (Å²) in [7, 11) is 0. The van der Waals surface area contributed by atoms with Crippen LogP contribution in [0.15, 0.2) is 61.1 Å². The van der Waals surface area contributed by atoms with Crippen molar-refractivity contribution in [3.63, 3.8) is 0 Å². The van der Waals surface area contributed by atoms with Gasteiger partial charge in [-0.1, -0.05) is 29.8 Å². The standard InChI is InChI=1S/C21H18N6/c1-15-2-4-17(5-3-15)20-18(14-22)21(27-19(26-20)9-13-25-27)24-12-8-16-6-10-23-11-7-16/h2-7,9-11,13,24H,8,12H2,1H3. The first-order chi connectivity index (χ1) is 13.3. The highest BCUT2D eigenvalue weighted by Gasteiger charge is 2.17. The van der Waals surface area contributed by atoms with E-state index >= 15 is 0 Å². The minimum absolute atomic E-state index is 0.491. The maximum absolute atomic E-state index is 9.85. The summed E-state index contributed by atoms with van der Waals surface area (Å²) in [5.41, 5.74) is 5.12. The molecule has 0 bridgehead atoms. The second-order valence-corrected chi connectivity index (χ2v) is 6.30. The molecule has 0 saturated heterocycles. The average Bonchev–Trinajstić information content (AvgIpc) is 3.17. The summed E-state index contributed by atoms with van der Waals surface area (Å²) in [6, 6.07) is 16.2. The first kappa shape index (κ1) is 16.7. The molecule has 6 nitrogen and oxygen atoms in total. The predicted octanol–water partition coefficient (Wildman–Crippen LogP) is 3.63. The van der Waals surface area contributed by atoms with Crippen LogP contribution in [0.5, 0.6) is 0 Å². The van der Waals surface area contributed by atoms with Gasteiger partial charge in [0.15, 0.2) is 5.65 Å². The lowest BCUT2D eigenvalue weighted by Gasteiger charge is -2.13. The van der Waals surface area contributed by atoms with Gasteiger partial charge in [-0.2, -0.15) is 14.9 Å². The van der Waals surface area contributed by atoms with Crippen molar-refractivity contribution in [1.82, 2.24) is 19.6 Å². The van der Waals surface area contributed by atoms with Gasteiger partial charge in [-0.15, -0.1) is 0 Å². The Balaban J connectivity index is 1.73. The van der Waals surface area contributed by atoms with Gasteiger partial charge in [-0.25, -0.2) is 4.98 Å². The van der Waals surface area contributed by atoms with Crippen LogP contribution >= 0.6 is 0 Å². The number of nitrogens with zero attached hydrogens (tertiary/aromatic N) is 5. The third-order valence-corrected chi connectivity index (χ3v) is 4.43. The molecule has 0 spiro atoms. The Labute approximate surface area is 157 Å². The van der Waals surface area contributed by atoms with Crippen molar-refractivity contribution in [2.75, 3.05) is 11.9 Å². The lowest BCUT2D eigenvalue weighted by Crippen LogP contribution is -2.12. The molecule has 4 aromatic rings. The van der Waals surface area contributed by atoms with E-state index in [1.165, 1.54) is 11.1 Å². The number of pyridine rings is 1. The molecule has 0 aliphatic rings. The number of aryl methyl sites for hydroxylation is 1. The predicted molar refractivity (Wildman–Crippen MR) is 104 cm³/mol. The Bertz CT molecular complexity index is 1110. The van der Waals surface area contributed by atoms with E-state index in [0.717, 1.165) is 12.0 Å². The van der Waals surface area contributed by atoms with Crippen molar-refractivity contribution in [2.45, 2.75) is 13.3 Å². The van der Waals surface area contributed by atoms with Gasteiger partial charge in [0.2, 0.25) is 0 Å². The van der Waals surface area contributed by atoms with Crippen LogP contribution in [0.3, 0.4) is 0 Å². The third kappa shape index (κ3) is 3.35. The highest BCUT2D eigenvalue weighted by atomic mass is 15.3. The Morgan fingerprint density at radius 2 is 1.81 bits per heavy atom. The zero-order valence-corrected chi connectivity index (χ0v) is 14.9. The van der Waals surface area contributed by atoms with Gasteiger partial charge in [0, 0.05) is 30.6 Å². The van der Waals surface area contributed by atoms with Crippen LogP contribution in [0, 0.1) is 18.3 Å². The fourth-order valence-corrected chi connectivity index (χ4v) is 3.01. The fraction of sp³-hybridized carbons (Fsp3) is 0.143. The monoisotopic (exact) mass is 354 g/mol. The molecule has 0 fully saturated rings. The quantitative estimate of drug-likeness (QED) is 0.592. The van der Waals surface area contributed by atoms with Gasteiger partial charge in [0.25, 0.3) is 0 Å². The van der Waals surface area contributed by atoms with E-state index in [0.29, 0.717) is 29.3 Å². The Hall–Kier alpha value is -3.72. The zero-order chi connectivity index (χ0) is 18.6. The molecule has 0 unspecified atom stereocenters. The number of rotatable bonds is 5. The highest BCUT2D eigenvalue weighted by molar-refractivity contribution is 5.75. The van der Waals surface area contributed by atoms with Crippen LogP contribution < -0.4 is 5.32 Å². The molecule has 0 aliphatic heterocycles. The first-order valence-corrected chi connectivity index (χ1v) is 8.74. The van der Waals surface area contributed by atoms with Crippen LogP contribution in [-0.2, 0) is 6.42 Å². The molecule has 1 N–H and O–H groups in total. The second-order valence-electron chi connectivity index (χ2n) is 6.30. The van der Waals surface area contributed by atoms with Crippen LogP contribution in [0.1, 0.15) is 16.7 Å². The van der Waals surface area contributed by atoms with E-state index in [1.807, 2.05) is 49.4 Å². The van der Waals surface area contributed by atoms with Crippen molar-refractivity contribution in [3.8, 4) is 17.3 Å². The number of hydrogen-bond donors (Lipinski definition) is 1. The molecule has 0 saturated carbocycles. The summed E-state index contributed by atoms with van der Waals surface area (Å²) in [6.07, 6.45) is 6.07. The molecule has 4 rings (SSSR count). The van der Waals surface area contributed by atoms with Crippen molar-refractivity contribution in [3.05, 3.63) is 77.7 Å². The summed E-state index contributed by atoms with van der Waals surface area (Å²) >= 11 is 0. The molecule has 0 radical (unpaired) electrons. The Morgan fingerprint density at radius 1 is 1.04 bits per heavy atom. The number of benzene rings is 1. The number of nitriles is 1. The van der Waals surface area contributed by atoms with Gasteiger partial charge in [0.1, 0.15) is 17.5 Å². The molecule has 27 heavy (non-hydrogen) atoms. The van der Waals surface area contributed by atoms with Crippen LogP contribution in [0.25, 0.3) is 16.9 Å². The summed E-state index contributed by atoms with van der Waals surface area (Å²) in [6.45, 7) is 2.71. The molecule has 3 heterocycles. The maximum Gasteiger partial charge on any atom is 0.158 e. The minimum atomic E-state index is 0.491. The molecular weight excluding hydrogens is 336 g/mol. The Kier molecular flexibility index (Phi) is 4.50. The smallest absolute Gasteiger partial charge is 0.158 e. The lowest BCUT2D eigenvalue weighted by atomic mass is 10.1. The van der Waals surface area contributed by atoms with Crippen LogP contribution in [0.4, 0.5) is 5.82 Å². The molecule has 6 heteroatoms. The SMILES string of the molecule is Cc1ccc(-c2nc3ccnn3c(NCCc3ccncc3)c2C#N)cc1. The van der Waals surface area contributed by atoms with Gasteiger partial charge in [-0.05, 0) is 31.0 Å². The van der Waals surface area contributed by atoms with E-state index in [4.69, 9.17) is 0 Å². The first-order valence-electron chi connectivity index (χ1n) is 8.74. The molecular formula is C21H18N6. The van der Waals surface area contributed by atoms with E-state index in [9.17, 15) is 5.26 Å². The molecule has 3 aromatic heterocycles. The average molecular weight is 354 g/mol. The second kappa shape index (κ2) is 7.26. The highest BCUT2D eigenvalue weighted by Crippen LogP contribution is 2.28. The topological polar surface area (TPSA) is 78.9 Å². The zero-order valence-electron chi connectivity index (χ0n) is 14.9. The lowest BCUT2D eigenvalue weighted by molar-refractivity contribution is 0.910. The fourth-order valence-electron chi connectivity index (χ4n) is 3.01. The summed E-state index contributed by atoms with van der Waals surface area (Å²) in [5.74, 6) is 0.664. The number of aromatic nitrogens is 4. The van der Waals surface area contributed by atoms with Crippen molar-refractivity contribution < 1.29 is 0 Å².